The number of carbonyl (C=O) groups is 1. The van der Waals surface area contributed by atoms with E-state index in [2.05, 4.69) is 51.2 Å². The van der Waals surface area contributed by atoms with Crippen LogP contribution in [0.2, 0.25) is 0 Å². The van der Waals surface area contributed by atoms with Gasteiger partial charge in [0.15, 0.2) is 11.6 Å². The number of ether oxygens (including phenoxy) is 2. The van der Waals surface area contributed by atoms with Crippen molar-refractivity contribution >= 4 is 23.7 Å². The maximum absolute atomic E-state index is 12.2. The molecule has 2 fully saturated rings. The second kappa shape index (κ2) is 12.0. The lowest BCUT2D eigenvalue weighted by Gasteiger charge is -2.54. The number of benzene rings is 1. The molecule has 1 aromatic heterocycles. The molecule has 0 unspecified atom stereocenters. The van der Waals surface area contributed by atoms with E-state index in [1.54, 1.807) is 14.2 Å². The molecule has 0 radical (unpaired) electrons. The number of aromatic nitrogens is 2. The van der Waals surface area contributed by atoms with Crippen molar-refractivity contribution in [2.45, 2.75) is 45.7 Å². The highest BCUT2D eigenvalue weighted by Gasteiger charge is 2.43. The number of piperidine rings is 1. The summed E-state index contributed by atoms with van der Waals surface area (Å²) in [5, 5.41) is 3.01. The topological polar surface area (TPSA) is 109 Å². The number of carbonyl (C=O) groups excluding carboxylic acids is 1. The lowest BCUT2D eigenvalue weighted by molar-refractivity contribution is -0.107. The van der Waals surface area contributed by atoms with Crippen LogP contribution in [0.4, 0.5) is 17.3 Å². The number of nitrogen functional groups attached to an aromatic ring is 1. The van der Waals surface area contributed by atoms with Crippen LogP contribution in [0.15, 0.2) is 18.2 Å². The van der Waals surface area contributed by atoms with Crippen LogP contribution in [0.1, 0.15) is 43.7 Å². The summed E-state index contributed by atoms with van der Waals surface area (Å²) in [6, 6.07) is 6.38. The highest BCUT2D eigenvalue weighted by molar-refractivity contribution is 5.85. The number of methoxy groups -OCH3 is 1. The first-order valence-electron chi connectivity index (χ1n) is 13.2. The van der Waals surface area contributed by atoms with Crippen LogP contribution in [0, 0.1) is 5.41 Å². The third kappa shape index (κ3) is 6.24. The summed E-state index contributed by atoms with van der Waals surface area (Å²) in [5.41, 5.74) is 9.22. The minimum Gasteiger partial charge on any atom is -0.496 e. The number of amides is 1. The summed E-state index contributed by atoms with van der Waals surface area (Å²) in [6.07, 6.45) is 5.19. The van der Waals surface area contributed by atoms with Crippen LogP contribution in [0.3, 0.4) is 0 Å². The fourth-order valence-electron chi connectivity index (χ4n) is 5.31. The zero-order chi connectivity index (χ0) is 26.4. The van der Waals surface area contributed by atoms with E-state index in [1.165, 1.54) is 36.4 Å². The Morgan fingerprint density at radius 3 is 2.65 bits per heavy atom. The van der Waals surface area contributed by atoms with Gasteiger partial charge in [0.05, 0.1) is 20.3 Å². The average Bonchev–Trinajstić information content (AvgIpc) is 2.88. The molecule has 4 rings (SSSR count). The Labute approximate surface area is 220 Å². The molecule has 1 amide bonds. The van der Waals surface area contributed by atoms with Crippen LogP contribution >= 0.6 is 0 Å². The number of nitrogens with two attached hydrogens (primary N) is 1. The molecule has 2 aliphatic heterocycles. The van der Waals surface area contributed by atoms with Crippen LogP contribution in [-0.4, -0.2) is 80.2 Å². The van der Waals surface area contributed by atoms with E-state index in [-0.39, 0.29) is 18.4 Å². The van der Waals surface area contributed by atoms with E-state index < -0.39 is 0 Å². The Kier molecular flexibility index (Phi) is 8.71. The van der Waals surface area contributed by atoms with Gasteiger partial charge in [-0.15, -0.1) is 0 Å². The SMILES string of the molecule is CCCCOc1nc(N)c(NC)c(N(C=O)Cc2ccc(CN3CC4(CCN(C)CC4)C3)cc2OC)n1. The number of hydrogen-bond donors (Lipinski definition) is 2. The summed E-state index contributed by atoms with van der Waals surface area (Å²) in [7, 11) is 5.59. The summed E-state index contributed by atoms with van der Waals surface area (Å²) in [6.45, 7) is 8.45. The van der Waals surface area contributed by atoms with Gasteiger partial charge in [-0.05, 0) is 56.4 Å². The molecule has 2 saturated heterocycles. The molecule has 37 heavy (non-hydrogen) atoms. The maximum atomic E-state index is 12.2. The van der Waals surface area contributed by atoms with E-state index in [0.717, 1.165) is 50.2 Å². The number of likely N-dealkylation sites (tertiary alicyclic amines) is 2. The number of anilines is 3. The first-order valence-corrected chi connectivity index (χ1v) is 13.2. The Morgan fingerprint density at radius 1 is 1.24 bits per heavy atom. The van der Waals surface area contributed by atoms with Gasteiger partial charge in [-0.2, -0.15) is 9.97 Å². The lowest BCUT2D eigenvalue weighted by Crippen LogP contribution is -2.59. The Hall–Kier alpha value is -3.11. The highest BCUT2D eigenvalue weighted by atomic mass is 16.5. The number of unbranched alkanes of at least 4 members (excludes halogenated alkanes) is 1. The first kappa shape index (κ1) is 26.9. The van der Waals surface area contributed by atoms with Gasteiger partial charge < -0.3 is 25.4 Å². The standard InChI is InChI=1S/C27H41N7O3/c1-5-6-13-37-26-30-24(28)23(29-2)25(31-26)34(19-35)16-21-8-7-20(14-22(21)36-4)15-33-17-27(18-33)9-11-32(3)12-10-27/h7-8,14,19,29H,5-6,9-13,15-18H2,1-4H3,(H2,28,30,31). The van der Waals surface area contributed by atoms with Crippen LogP contribution in [0.25, 0.3) is 0 Å². The normalized spacial score (nSPS) is 17.3. The Morgan fingerprint density at radius 2 is 2.00 bits per heavy atom. The summed E-state index contributed by atoms with van der Waals surface area (Å²) in [4.78, 5) is 27.3. The summed E-state index contributed by atoms with van der Waals surface area (Å²) >= 11 is 0. The molecule has 0 bridgehead atoms. The van der Waals surface area contributed by atoms with Crippen molar-refractivity contribution in [3.8, 4) is 11.8 Å². The zero-order valence-electron chi connectivity index (χ0n) is 22.6. The van der Waals surface area contributed by atoms with Gasteiger partial charge in [0.25, 0.3) is 0 Å². The van der Waals surface area contributed by atoms with Gasteiger partial charge in [-0.3, -0.25) is 14.6 Å². The largest absolute Gasteiger partial charge is 0.496 e. The highest BCUT2D eigenvalue weighted by Crippen LogP contribution is 2.41. The molecule has 1 spiro atoms. The molecule has 3 N–H and O–H groups in total. The molecular formula is C27H41N7O3. The number of nitrogens with one attached hydrogen (secondary N) is 1. The van der Waals surface area contributed by atoms with Gasteiger partial charge in [-0.25, -0.2) is 0 Å². The monoisotopic (exact) mass is 511 g/mol. The molecule has 0 saturated carbocycles. The van der Waals surface area contributed by atoms with Crippen molar-refractivity contribution in [2.75, 3.05) is 69.9 Å². The second-order valence-electron chi connectivity index (χ2n) is 10.4. The van der Waals surface area contributed by atoms with Crippen LogP contribution in [-0.2, 0) is 17.9 Å². The predicted octanol–water partition coefficient (Wildman–Crippen LogP) is 2.98. The van der Waals surface area contributed by atoms with E-state index in [4.69, 9.17) is 15.2 Å². The van der Waals surface area contributed by atoms with Gasteiger partial charge in [0.2, 0.25) is 6.41 Å². The Balaban J connectivity index is 1.46. The van der Waals surface area contributed by atoms with Crippen molar-refractivity contribution in [3.63, 3.8) is 0 Å². The summed E-state index contributed by atoms with van der Waals surface area (Å²) in [5.74, 6) is 1.34. The van der Waals surface area contributed by atoms with Crippen molar-refractivity contribution in [1.82, 2.24) is 19.8 Å². The molecule has 0 aliphatic carbocycles. The van der Waals surface area contributed by atoms with Crippen LogP contribution < -0.4 is 25.4 Å². The number of hydrogen-bond acceptors (Lipinski definition) is 9. The molecule has 10 heteroatoms. The van der Waals surface area contributed by atoms with Gasteiger partial charge in [-0.1, -0.05) is 25.5 Å². The minimum atomic E-state index is 0.158. The van der Waals surface area contributed by atoms with E-state index in [0.29, 0.717) is 23.5 Å². The summed E-state index contributed by atoms with van der Waals surface area (Å²) < 4.78 is 11.4. The number of rotatable bonds is 12. The molecular weight excluding hydrogens is 470 g/mol. The molecule has 2 aromatic rings. The predicted molar refractivity (Wildman–Crippen MR) is 146 cm³/mol. The van der Waals surface area contributed by atoms with Crippen molar-refractivity contribution in [2.24, 2.45) is 5.41 Å². The van der Waals surface area contributed by atoms with E-state index in [9.17, 15) is 4.79 Å². The van der Waals surface area contributed by atoms with E-state index in [1.807, 2.05) is 6.07 Å². The third-order valence-corrected chi connectivity index (χ3v) is 7.54. The van der Waals surface area contributed by atoms with Crippen molar-refractivity contribution < 1.29 is 14.3 Å². The third-order valence-electron chi connectivity index (χ3n) is 7.54. The Bertz CT molecular complexity index is 1060. The molecule has 10 nitrogen and oxygen atoms in total. The van der Waals surface area contributed by atoms with E-state index >= 15 is 0 Å². The lowest BCUT2D eigenvalue weighted by atomic mass is 9.72. The quantitative estimate of drug-likeness (QED) is 0.328. The fourth-order valence-corrected chi connectivity index (χ4v) is 5.31. The average molecular weight is 512 g/mol. The molecule has 202 valence electrons. The second-order valence-corrected chi connectivity index (χ2v) is 10.4. The zero-order valence-corrected chi connectivity index (χ0v) is 22.6. The van der Waals surface area contributed by atoms with Crippen LogP contribution in [0.5, 0.6) is 11.8 Å². The first-order chi connectivity index (χ1) is 17.9. The molecule has 1 aromatic carbocycles. The van der Waals surface area contributed by atoms with Gasteiger partial charge >= 0.3 is 6.01 Å². The fraction of sp³-hybridized carbons (Fsp3) is 0.593. The van der Waals surface area contributed by atoms with Gasteiger partial charge in [0, 0.05) is 32.2 Å². The van der Waals surface area contributed by atoms with Gasteiger partial charge in [0.1, 0.15) is 11.4 Å². The molecule has 0 atom stereocenters. The smallest absolute Gasteiger partial charge is 0.320 e. The molecule has 3 heterocycles. The molecule has 2 aliphatic rings. The maximum Gasteiger partial charge on any atom is 0.320 e. The number of nitrogens with zero attached hydrogens (tertiary/aromatic N) is 5. The minimum absolute atomic E-state index is 0.158. The van der Waals surface area contributed by atoms with Crippen molar-refractivity contribution in [3.05, 3.63) is 29.3 Å². The van der Waals surface area contributed by atoms with Crippen molar-refractivity contribution in [1.29, 1.82) is 0 Å².